The van der Waals surface area contributed by atoms with Crippen molar-refractivity contribution >= 4 is 11.6 Å². The number of methoxy groups -OCH3 is 1. The number of hydrogen-bond donors (Lipinski definition) is 1. The first kappa shape index (κ1) is 10.8. The summed E-state index contributed by atoms with van der Waals surface area (Å²) < 4.78 is 5.23. The van der Waals surface area contributed by atoms with Crippen molar-refractivity contribution < 1.29 is 4.74 Å². The van der Waals surface area contributed by atoms with E-state index in [0.29, 0.717) is 5.92 Å². The number of halogens is 1. The average molecular weight is 226 g/mol. The van der Waals surface area contributed by atoms with Gasteiger partial charge in [0.15, 0.2) is 0 Å². The van der Waals surface area contributed by atoms with Crippen LogP contribution in [0, 0.1) is 0 Å². The Morgan fingerprint density at radius 3 is 2.73 bits per heavy atom. The second kappa shape index (κ2) is 4.86. The monoisotopic (exact) mass is 225 g/mol. The Bertz CT molecular complexity index is 334. The Morgan fingerprint density at radius 2 is 2.07 bits per heavy atom. The molecule has 0 aliphatic carbocycles. The van der Waals surface area contributed by atoms with E-state index in [1.807, 2.05) is 12.1 Å². The van der Waals surface area contributed by atoms with Crippen LogP contribution in [0.3, 0.4) is 0 Å². The lowest BCUT2D eigenvalue weighted by Gasteiger charge is -2.24. The SMILES string of the molecule is COc1ccc(Cl)c(C2CCNCC2)c1. The van der Waals surface area contributed by atoms with Crippen molar-refractivity contribution in [2.24, 2.45) is 0 Å². The van der Waals surface area contributed by atoms with Gasteiger partial charge in [-0.25, -0.2) is 0 Å². The quantitative estimate of drug-likeness (QED) is 0.836. The summed E-state index contributed by atoms with van der Waals surface area (Å²) in [7, 11) is 1.69. The van der Waals surface area contributed by atoms with Crippen molar-refractivity contribution in [2.75, 3.05) is 20.2 Å². The van der Waals surface area contributed by atoms with E-state index in [1.54, 1.807) is 7.11 Å². The van der Waals surface area contributed by atoms with E-state index in [4.69, 9.17) is 16.3 Å². The van der Waals surface area contributed by atoms with Crippen molar-refractivity contribution in [1.82, 2.24) is 5.32 Å². The van der Waals surface area contributed by atoms with Crippen molar-refractivity contribution in [3.63, 3.8) is 0 Å². The Hall–Kier alpha value is -0.730. The van der Waals surface area contributed by atoms with Gasteiger partial charge in [0.1, 0.15) is 5.75 Å². The molecule has 1 aromatic carbocycles. The molecule has 0 aromatic heterocycles. The van der Waals surface area contributed by atoms with Crippen LogP contribution in [0.2, 0.25) is 5.02 Å². The van der Waals surface area contributed by atoms with Gasteiger partial charge in [0.2, 0.25) is 0 Å². The largest absolute Gasteiger partial charge is 0.497 e. The third kappa shape index (κ3) is 2.44. The van der Waals surface area contributed by atoms with Gasteiger partial charge in [0, 0.05) is 5.02 Å². The lowest BCUT2D eigenvalue weighted by atomic mass is 9.90. The normalized spacial score (nSPS) is 17.7. The van der Waals surface area contributed by atoms with Crippen molar-refractivity contribution in [3.05, 3.63) is 28.8 Å². The van der Waals surface area contributed by atoms with E-state index in [0.717, 1.165) is 36.7 Å². The van der Waals surface area contributed by atoms with Crippen LogP contribution in [0.5, 0.6) is 5.75 Å². The summed E-state index contributed by atoms with van der Waals surface area (Å²) >= 11 is 6.21. The fourth-order valence-electron chi connectivity index (χ4n) is 2.09. The molecule has 0 spiro atoms. The van der Waals surface area contributed by atoms with Gasteiger partial charge in [-0.15, -0.1) is 0 Å². The topological polar surface area (TPSA) is 21.3 Å². The zero-order valence-corrected chi connectivity index (χ0v) is 9.68. The summed E-state index contributed by atoms with van der Waals surface area (Å²) in [6.45, 7) is 2.16. The number of ether oxygens (including phenoxy) is 1. The van der Waals surface area contributed by atoms with Crippen LogP contribution in [0.1, 0.15) is 24.3 Å². The van der Waals surface area contributed by atoms with Crippen LogP contribution < -0.4 is 10.1 Å². The lowest BCUT2D eigenvalue weighted by molar-refractivity contribution is 0.411. The van der Waals surface area contributed by atoms with Crippen molar-refractivity contribution in [2.45, 2.75) is 18.8 Å². The zero-order valence-electron chi connectivity index (χ0n) is 8.92. The molecule has 0 radical (unpaired) electrons. The molecule has 1 aromatic rings. The molecule has 0 unspecified atom stereocenters. The molecule has 2 rings (SSSR count). The number of rotatable bonds is 2. The molecule has 1 heterocycles. The molecular weight excluding hydrogens is 210 g/mol. The zero-order chi connectivity index (χ0) is 10.7. The van der Waals surface area contributed by atoms with Crippen LogP contribution in [0.25, 0.3) is 0 Å². The minimum atomic E-state index is 0.578. The summed E-state index contributed by atoms with van der Waals surface area (Å²) in [4.78, 5) is 0. The van der Waals surface area contributed by atoms with Crippen LogP contribution in [0.15, 0.2) is 18.2 Å². The van der Waals surface area contributed by atoms with Gasteiger partial charge in [-0.05, 0) is 55.6 Å². The number of nitrogens with one attached hydrogen (secondary N) is 1. The Labute approximate surface area is 95.6 Å². The van der Waals surface area contributed by atoms with Crippen molar-refractivity contribution in [3.8, 4) is 5.75 Å². The molecular formula is C12H16ClNO. The highest BCUT2D eigenvalue weighted by molar-refractivity contribution is 6.31. The average Bonchev–Trinajstić information content (AvgIpc) is 2.31. The molecule has 0 bridgehead atoms. The summed E-state index contributed by atoms with van der Waals surface area (Å²) in [5.41, 5.74) is 1.23. The van der Waals surface area contributed by atoms with Gasteiger partial charge >= 0.3 is 0 Å². The smallest absolute Gasteiger partial charge is 0.119 e. The van der Waals surface area contributed by atoms with Gasteiger partial charge in [-0.2, -0.15) is 0 Å². The summed E-state index contributed by atoms with van der Waals surface area (Å²) in [5.74, 6) is 1.47. The maximum absolute atomic E-state index is 6.21. The molecule has 1 N–H and O–H groups in total. The molecule has 1 saturated heterocycles. The molecule has 3 heteroatoms. The minimum Gasteiger partial charge on any atom is -0.497 e. The first-order valence-electron chi connectivity index (χ1n) is 5.35. The fraction of sp³-hybridized carbons (Fsp3) is 0.500. The number of piperidine rings is 1. The summed E-state index contributed by atoms with van der Waals surface area (Å²) in [6, 6.07) is 5.91. The highest BCUT2D eigenvalue weighted by Crippen LogP contribution is 2.33. The molecule has 1 aliphatic heterocycles. The maximum Gasteiger partial charge on any atom is 0.119 e. The number of benzene rings is 1. The van der Waals surface area contributed by atoms with Crippen LogP contribution >= 0.6 is 11.6 Å². The summed E-state index contributed by atoms with van der Waals surface area (Å²) in [6.07, 6.45) is 2.32. The van der Waals surface area contributed by atoms with E-state index in [9.17, 15) is 0 Å². The molecule has 0 saturated carbocycles. The maximum atomic E-state index is 6.21. The number of hydrogen-bond acceptors (Lipinski definition) is 2. The highest BCUT2D eigenvalue weighted by Gasteiger charge is 2.18. The van der Waals surface area contributed by atoms with Crippen LogP contribution in [0.4, 0.5) is 0 Å². The Morgan fingerprint density at radius 1 is 1.33 bits per heavy atom. The predicted octanol–water partition coefficient (Wildman–Crippen LogP) is 2.82. The molecule has 0 amide bonds. The third-order valence-corrected chi connectivity index (χ3v) is 3.33. The second-order valence-electron chi connectivity index (χ2n) is 3.91. The van der Waals surface area contributed by atoms with Gasteiger partial charge in [0.25, 0.3) is 0 Å². The Kier molecular flexibility index (Phi) is 3.49. The first-order valence-corrected chi connectivity index (χ1v) is 5.73. The summed E-state index contributed by atoms with van der Waals surface area (Å²) in [5, 5.41) is 4.22. The van der Waals surface area contributed by atoms with Crippen LogP contribution in [-0.4, -0.2) is 20.2 Å². The van der Waals surface area contributed by atoms with Gasteiger partial charge in [-0.1, -0.05) is 11.6 Å². The first-order chi connectivity index (χ1) is 7.31. The van der Waals surface area contributed by atoms with Crippen LogP contribution in [-0.2, 0) is 0 Å². The second-order valence-corrected chi connectivity index (χ2v) is 4.32. The molecule has 1 aliphatic rings. The van der Waals surface area contributed by atoms with Gasteiger partial charge < -0.3 is 10.1 Å². The van der Waals surface area contributed by atoms with E-state index < -0.39 is 0 Å². The minimum absolute atomic E-state index is 0.578. The van der Waals surface area contributed by atoms with E-state index >= 15 is 0 Å². The lowest BCUT2D eigenvalue weighted by Crippen LogP contribution is -2.26. The molecule has 2 nitrogen and oxygen atoms in total. The van der Waals surface area contributed by atoms with E-state index in [1.165, 1.54) is 5.56 Å². The van der Waals surface area contributed by atoms with Gasteiger partial charge in [-0.3, -0.25) is 0 Å². The molecule has 0 atom stereocenters. The van der Waals surface area contributed by atoms with Crippen molar-refractivity contribution in [1.29, 1.82) is 0 Å². The standard InChI is InChI=1S/C12H16ClNO/c1-15-10-2-3-12(13)11(8-10)9-4-6-14-7-5-9/h2-3,8-9,14H,4-7H2,1H3. The van der Waals surface area contributed by atoms with E-state index in [2.05, 4.69) is 11.4 Å². The Balaban J connectivity index is 2.24. The van der Waals surface area contributed by atoms with Gasteiger partial charge in [0.05, 0.1) is 7.11 Å². The predicted molar refractivity (Wildman–Crippen MR) is 62.8 cm³/mol. The third-order valence-electron chi connectivity index (χ3n) is 2.98. The van der Waals surface area contributed by atoms with E-state index in [-0.39, 0.29) is 0 Å². The molecule has 1 fully saturated rings. The molecule has 15 heavy (non-hydrogen) atoms. The highest BCUT2D eigenvalue weighted by atomic mass is 35.5. The fourth-order valence-corrected chi connectivity index (χ4v) is 2.37. The molecule has 82 valence electrons.